The van der Waals surface area contributed by atoms with Crippen molar-refractivity contribution in [2.75, 3.05) is 30.5 Å². The summed E-state index contributed by atoms with van der Waals surface area (Å²) in [6, 6.07) is 12.2. The van der Waals surface area contributed by atoms with Gasteiger partial charge in [0.05, 0.1) is 67.7 Å². The Kier molecular flexibility index (Phi) is 30.2. The second-order valence-electron chi connectivity index (χ2n) is 9.84. The molecule has 4 aromatic carbocycles. The molecule has 0 amide bonds. The van der Waals surface area contributed by atoms with Crippen molar-refractivity contribution in [1.29, 1.82) is 0 Å². The minimum atomic E-state index is -4.10. The SMILES string of the molecule is Nc1ccc2c(O)c(N=Nc3cccc(S(=O)(=O)CCOSOO[O-])c3)c(SOO[O-])cc2c1N=Nc1ccc(S(=O)(=O)CCOSOO[O-])cc1S(=O)[O-].[Na+].[Na+].[Na+].[Na+]. The van der Waals surface area contributed by atoms with E-state index in [0.717, 1.165) is 18.2 Å². The van der Waals surface area contributed by atoms with E-state index in [2.05, 4.69) is 48.6 Å². The van der Waals surface area contributed by atoms with Crippen molar-refractivity contribution < 1.29 is 201 Å². The molecular weight excluding hydrogens is 955 g/mol. The standard InChI is InChI=1S/C26H25N5O18S6.4Na/c27-20-6-5-18-19(24(20)30-29-21-7-4-17(13-23(21)53(36)37)55(40,41)11-9-43-52-49-46-35)14-22(50-47-44-33)25(26(18)32)31-28-15-2-1-3-16(12-15)54(38,39)10-8-42-51-48-45-34;;;;/h1-7,12-14,32-35H,8-11,27H2,(H,36,37);;;;/q;4*+1/p-4. The van der Waals surface area contributed by atoms with Gasteiger partial charge in [0, 0.05) is 10.8 Å². The summed E-state index contributed by atoms with van der Waals surface area (Å²) >= 11 is -2.48. The average Bonchev–Trinajstić information content (AvgIpc) is 3.16. The predicted molar refractivity (Wildman–Crippen MR) is 182 cm³/mol. The van der Waals surface area contributed by atoms with Crippen molar-refractivity contribution in [3.8, 4) is 5.75 Å². The molecule has 4 aromatic rings. The molecule has 0 bridgehead atoms. The number of nitrogens with zero attached hydrogens (tertiary/aromatic N) is 4. The number of nitrogens with two attached hydrogens (primary N) is 1. The van der Waals surface area contributed by atoms with Crippen LogP contribution in [0.4, 0.5) is 28.4 Å². The van der Waals surface area contributed by atoms with E-state index >= 15 is 0 Å². The Morgan fingerprint density at radius 3 is 1.85 bits per heavy atom. The molecule has 3 N–H and O–H groups in total. The van der Waals surface area contributed by atoms with E-state index in [9.17, 15) is 46.5 Å². The quantitative estimate of drug-likeness (QED) is 0.0108. The van der Waals surface area contributed by atoms with Crippen LogP contribution in [-0.4, -0.2) is 55.4 Å². The molecule has 0 saturated heterocycles. The molecular formula is C26H21N5Na4O18S6. The zero-order chi connectivity index (χ0) is 40.0. The van der Waals surface area contributed by atoms with Crippen LogP contribution in [0.5, 0.6) is 5.75 Å². The molecule has 0 aliphatic heterocycles. The van der Waals surface area contributed by atoms with Crippen LogP contribution in [0.3, 0.4) is 0 Å². The number of anilines is 1. The normalized spacial score (nSPS) is 12.1. The van der Waals surface area contributed by atoms with Crippen LogP contribution in [-0.2, 0) is 67.2 Å². The molecule has 0 radical (unpaired) electrons. The van der Waals surface area contributed by atoms with Gasteiger partial charge in [0.25, 0.3) is 0 Å². The maximum Gasteiger partial charge on any atom is 1.00 e. The van der Waals surface area contributed by atoms with Crippen LogP contribution >= 0.6 is 36.7 Å². The molecule has 1 unspecified atom stereocenters. The van der Waals surface area contributed by atoms with Crippen molar-refractivity contribution in [2.24, 2.45) is 20.5 Å². The van der Waals surface area contributed by atoms with Gasteiger partial charge in [-0.05, 0) is 65.7 Å². The number of azo groups is 2. The fraction of sp³-hybridized carbons (Fsp3) is 0.154. The fourth-order valence-electron chi connectivity index (χ4n) is 4.25. The number of phenolic OH excluding ortho intramolecular Hbond substituents is 1. The van der Waals surface area contributed by atoms with E-state index in [0.29, 0.717) is 12.0 Å². The molecule has 0 aliphatic rings. The monoisotopic (exact) mass is 975 g/mol. The molecule has 33 heteroatoms. The first-order valence-electron chi connectivity index (χ1n) is 14.2. The van der Waals surface area contributed by atoms with Gasteiger partial charge in [0.15, 0.2) is 50.1 Å². The number of rotatable bonds is 22. The van der Waals surface area contributed by atoms with E-state index < -0.39 is 64.4 Å². The molecule has 0 spiro atoms. The first kappa shape index (κ1) is 59.6. The van der Waals surface area contributed by atoms with Crippen LogP contribution in [0.2, 0.25) is 0 Å². The van der Waals surface area contributed by atoms with Crippen molar-refractivity contribution >= 4 is 107 Å². The number of fused-ring (bicyclic) bond motifs is 1. The second-order valence-corrected chi connectivity index (χ2v) is 16.7. The van der Waals surface area contributed by atoms with Crippen LogP contribution in [0, 0.1) is 0 Å². The molecule has 0 saturated carbocycles. The number of hydrogen-bond acceptors (Lipinski definition) is 26. The Labute approximate surface area is 438 Å². The smallest absolute Gasteiger partial charge is 0.768 e. The maximum atomic E-state index is 12.7. The summed E-state index contributed by atoms with van der Waals surface area (Å²) in [4.78, 5) is -1.24. The number of aromatic hydroxyl groups is 1. The molecule has 59 heavy (non-hydrogen) atoms. The van der Waals surface area contributed by atoms with Gasteiger partial charge in [0.2, 0.25) is 0 Å². The summed E-state index contributed by atoms with van der Waals surface area (Å²) in [5.41, 5.74) is 5.45. The first-order chi connectivity index (χ1) is 26.3. The Bertz CT molecular complexity index is 2290. The minimum absolute atomic E-state index is 0. The van der Waals surface area contributed by atoms with Crippen molar-refractivity contribution in [3.63, 3.8) is 0 Å². The average molecular weight is 976 g/mol. The van der Waals surface area contributed by atoms with Crippen LogP contribution < -0.4 is 140 Å². The van der Waals surface area contributed by atoms with Gasteiger partial charge in [-0.1, -0.05) is 6.07 Å². The van der Waals surface area contributed by atoms with E-state index in [-0.39, 0.29) is 198 Å². The molecule has 0 heterocycles. The first-order valence-corrected chi connectivity index (χ1v) is 20.6. The largest absolute Gasteiger partial charge is 1.00 e. The number of benzene rings is 4. The molecule has 0 fully saturated rings. The second kappa shape index (κ2) is 29.9. The molecule has 0 aromatic heterocycles. The van der Waals surface area contributed by atoms with Gasteiger partial charge in [-0.3, -0.25) is 27.7 Å². The van der Waals surface area contributed by atoms with E-state index in [1.807, 2.05) is 0 Å². The van der Waals surface area contributed by atoms with Crippen molar-refractivity contribution in [1.82, 2.24) is 0 Å². The molecule has 4 rings (SSSR count). The molecule has 1 atom stereocenters. The van der Waals surface area contributed by atoms with Crippen molar-refractivity contribution in [3.05, 3.63) is 60.7 Å². The van der Waals surface area contributed by atoms with Gasteiger partial charge in [-0.2, -0.15) is 9.45 Å². The summed E-state index contributed by atoms with van der Waals surface area (Å²) < 4.78 is 96.7. The fourth-order valence-corrected chi connectivity index (χ4v) is 8.19. The van der Waals surface area contributed by atoms with Crippen molar-refractivity contribution in [2.45, 2.75) is 19.6 Å². The number of nitrogen functional groups attached to an aromatic ring is 1. The van der Waals surface area contributed by atoms with Gasteiger partial charge in [-0.25, -0.2) is 16.8 Å². The Balaban J connectivity index is 0.00000841. The molecule has 298 valence electrons. The van der Waals surface area contributed by atoms with Gasteiger partial charge >= 0.3 is 118 Å². The Morgan fingerprint density at radius 1 is 0.695 bits per heavy atom. The van der Waals surface area contributed by atoms with Gasteiger partial charge < -0.3 is 31.2 Å². The Hall–Kier alpha value is 0.560. The van der Waals surface area contributed by atoms with E-state index in [1.54, 1.807) is 0 Å². The summed E-state index contributed by atoms with van der Waals surface area (Å²) in [5, 5.41) is 67.4. The van der Waals surface area contributed by atoms with Gasteiger partial charge in [0.1, 0.15) is 17.1 Å². The zero-order valence-electron chi connectivity index (χ0n) is 30.8. The summed E-state index contributed by atoms with van der Waals surface area (Å²) in [5.74, 6) is -1.69. The molecule has 23 nitrogen and oxygen atoms in total. The van der Waals surface area contributed by atoms with E-state index in [4.69, 9.17) is 14.1 Å². The predicted octanol–water partition coefficient (Wildman–Crippen LogP) is -9.40. The summed E-state index contributed by atoms with van der Waals surface area (Å²) in [6.07, 6.45) is 0. The topological polar surface area (TPSA) is 347 Å². The maximum absolute atomic E-state index is 12.7. The third kappa shape index (κ3) is 17.8. The van der Waals surface area contributed by atoms with Crippen LogP contribution in [0.1, 0.15) is 0 Å². The minimum Gasteiger partial charge on any atom is -0.768 e. The zero-order valence-corrected chi connectivity index (χ0v) is 43.7. The Morgan fingerprint density at radius 2 is 1.27 bits per heavy atom. The van der Waals surface area contributed by atoms with Crippen LogP contribution in [0.25, 0.3) is 10.8 Å². The molecule has 0 aliphatic carbocycles. The summed E-state index contributed by atoms with van der Waals surface area (Å²) in [6.45, 7) is -0.823. The number of sulfone groups is 2. The van der Waals surface area contributed by atoms with E-state index in [1.165, 1.54) is 42.5 Å². The third-order valence-corrected chi connectivity index (χ3v) is 12.0. The number of phenols is 1. The summed E-state index contributed by atoms with van der Waals surface area (Å²) in [7, 11) is -8.02. The van der Waals surface area contributed by atoms with Crippen LogP contribution in [0.15, 0.2) is 101 Å². The van der Waals surface area contributed by atoms with Gasteiger partial charge in [-0.15, -0.1) is 24.0 Å². The third-order valence-electron chi connectivity index (χ3n) is 6.64. The number of hydrogen-bond donors (Lipinski definition) is 2.